The summed E-state index contributed by atoms with van der Waals surface area (Å²) in [5, 5.41) is 9.79. The molecule has 2 aromatic rings. The number of phenols is 1. The summed E-state index contributed by atoms with van der Waals surface area (Å²) in [6.07, 6.45) is 5.76. The Hall–Kier alpha value is -2.29. The Morgan fingerprint density at radius 3 is 2.62 bits per heavy atom. The lowest BCUT2D eigenvalue weighted by molar-refractivity contribution is -0.133. The van der Waals surface area contributed by atoms with Crippen molar-refractivity contribution in [2.45, 2.75) is 57.4 Å². The number of carbonyl (C=O) groups is 1. The van der Waals surface area contributed by atoms with Crippen LogP contribution in [0.5, 0.6) is 5.75 Å². The van der Waals surface area contributed by atoms with Gasteiger partial charge in [-0.25, -0.2) is 0 Å². The molecule has 0 radical (unpaired) electrons. The normalized spacial score (nSPS) is 21.0. The minimum absolute atomic E-state index is 0.236. The standard InChI is InChI=1S/C23H29NO2/c1-2-21-12-6-10-19(20-11-7-13-22(25)17-20)14-15-24(21)23(26)16-18-8-4-3-5-9-18/h3-5,7-9,11,13,17,19,21,25H,2,6,10,12,14-16H2,1H3. The van der Waals surface area contributed by atoms with Crippen LogP contribution in [0.3, 0.4) is 0 Å². The van der Waals surface area contributed by atoms with E-state index in [4.69, 9.17) is 0 Å². The summed E-state index contributed by atoms with van der Waals surface area (Å²) >= 11 is 0. The molecule has 1 N–H and O–H groups in total. The van der Waals surface area contributed by atoms with Crippen LogP contribution in [0.15, 0.2) is 54.6 Å². The molecule has 0 saturated carbocycles. The highest BCUT2D eigenvalue weighted by atomic mass is 16.3. The second-order valence-corrected chi connectivity index (χ2v) is 7.32. The van der Waals surface area contributed by atoms with Crippen molar-refractivity contribution < 1.29 is 9.90 Å². The lowest BCUT2D eigenvalue weighted by atomic mass is 9.87. The van der Waals surface area contributed by atoms with E-state index in [1.807, 2.05) is 42.5 Å². The van der Waals surface area contributed by atoms with E-state index in [2.05, 4.69) is 17.9 Å². The fraction of sp³-hybridized carbons (Fsp3) is 0.435. The van der Waals surface area contributed by atoms with E-state index in [1.54, 1.807) is 6.07 Å². The summed E-state index contributed by atoms with van der Waals surface area (Å²) in [6.45, 7) is 2.98. The van der Waals surface area contributed by atoms with Crippen molar-refractivity contribution in [1.82, 2.24) is 4.90 Å². The van der Waals surface area contributed by atoms with Gasteiger partial charge in [0.2, 0.25) is 5.91 Å². The van der Waals surface area contributed by atoms with Gasteiger partial charge in [-0.05, 0) is 54.9 Å². The smallest absolute Gasteiger partial charge is 0.227 e. The second kappa shape index (κ2) is 8.88. The predicted octanol–water partition coefficient (Wildman–Crippen LogP) is 4.90. The van der Waals surface area contributed by atoms with Crippen molar-refractivity contribution in [3.63, 3.8) is 0 Å². The van der Waals surface area contributed by atoms with Gasteiger partial charge in [-0.2, -0.15) is 0 Å². The molecule has 138 valence electrons. The Morgan fingerprint density at radius 2 is 1.88 bits per heavy atom. The van der Waals surface area contributed by atoms with Crippen molar-refractivity contribution >= 4 is 5.91 Å². The minimum atomic E-state index is 0.236. The van der Waals surface area contributed by atoms with Crippen LogP contribution in [-0.2, 0) is 11.2 Å². The summed E-state index contributed by atoms with van der Waals surface area (Å²) in [7, 11) is 0. The van der Waals surface area contributed by atoms with E-state index in [1.165, 1.54) is 5.56 Å². The first-order valence-corrected chi connectivity index (χ1v) is 9.79. The Labute approximate surface area is 156 Å². The number of nitrogens with zero attached hydrogens (tertiary/aromatic N) is 1. The number of carbonyl (C=O) groups excluding carboxylic acids is 1. The third-order valence-electron chi connectivity index (χ3n) is 5.58. The van der Waals surface area contributed by atoms with Gasteiger partial charge in [-0.1, -0.05) is 55.8 Å². The number of rotatable bonds is 4. The third-order valence-corrected chi connectivity index (χ3v) is 5.58. The topological polar surface area (TPSA) is 40.5 Å². The molecule has 3 nitrogen and oxygen atoms in total. The minimum Gasteiger partial charge on any atom is -0.508 e. The van der Waals surface area contributed by atoms with Gasteiger partial charge in [0.1, 0.15) is 5.75 Å². The van der Waals surface area contributed by atoms with Crippen LogP contribution in [0, 0.1) is 0 Å². The molecule has 3 rings (SSSR count). The predicted molar refractivity (Wildman–Crippen MR) is 105 cm³/mol. The molecule has 1 heterocycles. The molecule has 1 aliphatic rings. The Morgan fingerprint density at radius 1 is 1.08 bits per heavy atom. The number of phenolic OH excluding ortho intramolecular Hbond substituents is 1. The van der Waals surface area contributed by atoms with Crippen LogP contribution >= 0.6 is 0 Å². The van der Waals surface area contributed by atoms with Gasteiger partial charge in [-0.15, -0.1) is 0 Å². The zero-order valence-electron chi connectivity index (χ0n) is 15.6. The van der Waals surface area contributed by atoms with Crippen molar-refractivity contribution in [3.05, 3.63) is 65.7 Å². The number of hydrogen-bond donors (Lipinski definition) is 1. The van der Waals surface area contributed by atoms with Gasteiger partial charge in [0.05, 0.1) is 6.42 Å². The Balaban J connectivity index is 1.71. The van der Waals surface area contributed by atoms with Crippen molar-refractivity contribution in [3.8, 4) is 5.75 Å². The van der Waals surface area contributed by atoms with Crippen molar-refractivity contribution in [2.75, 3.05) is 6.54 Å². The number of likely N-dealkylation sites (tertiary alicyclic amines) is 1. The van der Waals surface area contributed by atoms with Crippen molar-refractivity contribution in [1.29, 1.82) is 0 Å². The van der Waals surface area contributed by atoms with Crippen LogP contribution in [0.1, 0.15) is 56.1 Å². The number of benzene rings is 2. The Kier molecular flexibility index (Phi) is 6.32. The van der Waals surface area contributed by atoms with E-state index >= 15 is 0 Å². The van der Waals surface area contributed by atoms with Crippen LogP contribution in [0.2, 0.25) is 0 Å². The molecule has 26 heavy (non-hydrogen) atoms. The van der Waals surface area contributed by atoms with Gasteiger partial charge < -0.3 is 10.0 Å². The first kappa shape index (κ1) is 18.5. The Bertz CT molecular complexity index is 713. The van der Waals surface area contributed by atoms with Gasteiger partial charge in [-0.3, -0.25) is 4.79 Å². The van der Waals surface area contributed by atoms with E-state index < -0.39 is 0 Å². The van der Waals surface area contributed by atoms with Crippen LogP contribution in [-0.4, -0.2) is 28.5 Å². The lowest BCUT2D eigenvalue weighted by Gasteiger charge is -2.35. The maximum Gasteiger partial charge on any atom is 0.227 e. The first-order chi connectivity index (χ1) is 12.7. The van der Waals surface area contributed by atoms with E-state index in [0.29, 0.717) is 24.1 Å². The van der Waals surface area contributed by atoms with Gasteiger partial charge >= 0.3 is 0 Å². The molecule has 0 bridgehead atoms. The van der Waals surface area contributed by atoms with Gasteiger partial charge in [0.25, 0.3) is 0 Å². The SMILES string of the molecule is CCC1CCCC(c2cccc(O)c2)CCN1C(=O)Cc1ccccc1. The first-order valence-electron chi connectivity index (χ1n) is 9.79. The van der Waals surface area contributed by atoms with Crippen LogP contribution in [0.4, 0.5) is 0 Å². The molecule has 3 heteroatoms. The zero-order chi connectivity index (χ0) is 18.4. The fourth-order valence-corrected chi connectivity index (χ4v) is 4.11. The molecular weight excluding hydrogens is 322 g/mol. The summed E-state index contributed by atoms with van der Waals surface area (Å²) in [6, 6.07) is 18.0. The lowest BCUT2D eigenvalue weighted by Crippen LogP contribution is -2.43. The van der Waals surface area contributed by atoms with E-state index in [0.717, 1.165) is 44.2 Å². The molecule has 0 aromatic heterocycles. The summed E-state index contributed by atoms with van der Waals surface area (Å²) in [4.78, 5) is 15.1. The third kappa shape index (κ3) is 4.66. The molecule has 1 amide bonds. The molecule has 2 unspecified atom stereocenters. The summed E-state index contributed by atoms with van der Waals surface area (Å²) in [5.41, 5.74) is 2.27. The molecule has 1 aliphatic heterocycles. The largest absolute Gasteiger partial charge is 0.508 e. The quantitative estimate of drug-likeness (QED) is 0.851. The number of amides is 1. The van der Waals surface area contributed by atoms with E-state index in [-0.39, 0.29) is 5.91 Å². The monoisotopic (exact) mass is 351 g/mol. The van der Waals surface area contributed by atoms with Crippen LogP contribution < -0.4 is 0 Å². The highest BCUT2D eigenvalue weighted by Gasteiger charge is 2.26. The molecule has 1 saturated heterocycles. The maximum absolute atomic E-state index is 13.0. The van der Waals surface area contributed by atoms with Gasteiger partial charge in [0.15, 0.2) is 0 Å². The average molecular weight is 351 g/mol. The van der Waals surface area contributed by atoms with E-state index in [9.17, 15) is 9.90 Å². The highest BCUT2D eigenvalue weighted by molar-refractivity contribution is 5.79. The summed E-state index contributed by atoms with van der Waals surface area (Å²) < 4.78 is 0. The second-order valence-electron chi connectivity index (χ2n) is 7.32. The molecule has 2 atom stereocenters. The molecule has 0 spiro atoms. The molecule has 0 aliphatic carbocycles. The zero-order valence-corrected chi connectivity index (χ0v) is 15.6. The maximum atomic E-state index is 13.0. The van der Waals surface area contributed by atoms with Crippen molar-refractivity contribution in [2.24, 2.45) is 0 Å². The van der Waals surface area contributed by atoms with Crippen LogP contribution in [0.25, 0.3) is 0 Å². The molecule has 1 fully saturated rings. The number of aromatic hydroxyl groups is 1. The summed E-state index contributed by atoms with van der Waals surface area (Å²) in [5.74, 6) is 0.972. The highest BCUT2D eigenvalue weighted by Crippen LogP contribution is 2.32. The molecule has 2 aromatic carbocycles. The molecular formula is C23H29NO2. The number of hydrogen-bond acceptors (Lipinski definition) is 2. The van der Waals surface area contributed by atoms with Gasteiger partial charge in [0, 0.05) is 12.6 Å². The average Bonchev–Trinajstić information content (AvgIpc) is 2.62. The fourth-order valence-electron chi connectivity index (χ4n) is 4.11.